The van der Waals surface area contributed by atoms with E-state index in [0.717, 1.165) is 16.9 Å². The third-order valence-corrected chi connectivity index (χ3v) is 7.18. The van der Waals surface area contributed by atoms with Crippen LogP contribution in [0.25, 0.3) is 0 Å². The monoisotopic (exact) mass is 535 g/mol. The third kappa shape index (κ3) is 8.11. The number of nitrogens with one attached hydrogen (secondary N) is 1. The average Bonchev–Trinajstić information content (AvgIpc) is 3.35. The van der Waals surface area contributed by atoms with Gasteiger partial charge in [-0.15, -0.1) is 17.9 Å². The second kappa shape index (κ2) is 14.2. The molecule has 3 amide bonds. The summed E-state index contributed by atoms with van der Waals surface area (Å²) in [5.41, 5.74) is 2.90. The predicted molar refractivity (Wildman–Crippen MR) is 154 cm³/mol. The molecule has 0 fully saturated rings. The van der Waals surface area contributed by atoms with Gasteiger partial charge in [0.15, 0.2) is 11.5 Å². The molecule has 2 aromatic carbocycles. The Bertz CT molecular complexity index is 1220. The van der Waals surface area contributed by atoms with Crippen LogP contribution in [0.3, 0.4) is 0 Å². The van der Waals surface area contributed by atoms with E-state index in [0.29, 0.717) is 36.7 Å². The lowest BCUT2D eigenvalue weighted by atomic mass is 10.1. The quantitative estimate of drug-likeness (QED) is 0.276. The maximum atomic E-state index is 13.6. The Kier molecular flexibility index (Phi) is 10.8. The van der Waals surface area contributed by atoms with E-state index in [1.165, 1.54) is 15.3 Å². The molecule has 38 heavy (non-hydrogen) atoms. The number of methoxy groups -OCH3 is 2. The summed E-state index contributed by atoms with van der Waals surface area (Å²) in [6, 6.07) is 17.2. The molecular weight excluding hydrogens is 498 g/mol. The van der Waals surface area contributed by atoms with Crippen LogP contribution in [0.1, 0.15) is 27.8 Å². The number of anilines is 1. The molecule has 0 saturated carbocycles. The van der Waals surface area contributed by atoms with Gasteiger partial charge in [0.25, 0.3) is 0 Å². The van der Waals surface area contributed by atoms with Crippen LogP contribution in [0, 0.1) is 6.92 Å². The van der Waals surface area contributed by atoms with Crippen molar-refractivity contribution in [2.24, 2.45) is 0 Å². The molecule has 0 aliphatic carbocycles. The Labute approximate surface area is 229 Å². The third-order valence-electron chi connectivity index (χ3n) is 6.19. The van der Waals surface area contributed by atoms with E-state index >= 15 is 0 Å². The molecule has 0 spiro atoms. The number of carbonyl (C=O) groups excluding carboxylic acids is 2. The number of benzene rings is 2. The molecule has 0 radical (unpaired) electrons. The number of nitrogens with zero attached hydrogens (tertiary/aromatic N) is 2. The zero-order chi connectivity index (χ0) is 27.5. The van der Waals surface area contributed by atoms with E-state index in [1.54, 1.807) is 36.5 Å². The topological polar surface area (TPSA) is 71.1 Å². The number of amides is 3. The van der Waals surface area contributed by atoms with Gasteiger partial charge in [0.1, 0.15) is 6.54 Å². The first-order chi connectivity index (χ1) is 18.4. The van der Waals surface area contributed by atoms with Crippen LogP contribution in [0.5, 0.6) is 11.5 Å². The molecule has 202 valence electrons. The fraction of sp³-hybridized carbons (Fsp3) is 0.333. The molecule has 0 bridgehead atoms. The van der Waals surface area contributed by atoms with Crippen LogP contribution >= 0.6 is 11.3 Å². The molecule has 0 saturated heterocycles. The van der Waals surface area contributed by atoms with Crippen LogP contribution in [0.15, 0.2) is 67.3 Å². The largest absolute Gasteiger partial charge is 0.493 e. The molecule has 0 unspecified atom stereocenters. The lowest BCUT2D eigenvalue weighted by Crippen LogP contribution is -2.44. The van der Waals surface area contributed by atoms with Crippen LogP contribution in [0.2, 0.25) is 0 Å². The van der Waals surface area contributed by atoms with Gasteiger partial charge in [0.2, 0.25) is 5.91 Å². The van der Waals surface area contributed by atoms with E-state index in [9.17, 15) is 9.59 Å². The maximum Gasteiger partial charge on any atom is 0.322 e. The zero-order valence-electron chi connectivity index (χ0n) is 22.7. The second-order valence-electron chi connectivity index (χ2n) is 8.92. The van der Waals surface area contributed by atoms with Crippen molar-refractivity contribution in [3.8, 4) is 11.5 Å². The van der Waals surface area contributed by atoms with Crippen molar-refractivity contribution < 1.29 is 19.1 Å². The molecule has 7 nitrogen and oxygen atoms in total. The van der Waals surface area contributed by atoms with Gasteiger partial charge in [-0.1, -0.05) is 31.2 Å². The lowest BCUT2D eigenvalue weighted by molar-refractivity contribution is -0.132. The summed E-state index contributed by atoms with van der Waals surface area (Å²) in [7, 11) is 3.21. The molecule has 3 aromatic rings. The SMILES string of the molecule is C=CCN(CC(=O)N(CCc1ccc(OC)c(OC)c1)Cc1ccc(C)s1)C(=O)Nc1ccc(CC)cc1. The van der Waals surface area contributed by atoms with Gasteiger partial charge in [-0.2, -0.15) is 0 Å². The summed E-state index contributed by atoms with van der Waals surface area (Å²) in [5.74, 6) is 1.18. The van der Waals surface area contributed by atoms with Crippen LogP contribution in [0.4, 0.5) is 10.5 Å². The highest BCUT2D eigenvalue weighted by molar-refractivity contribution is 7.11. The van der Waals surface area contributed by atoms with Gasteiger partial charge >= 0.3 is 6.03 Å². The van der Waals surface area contributed by atoms with Crippen molar-refractivity contribution in [2.45, 2.75) is 33.2 Å². The van der Waals surface area contributed by atoms with Gasteiger partial charge in [-0.25, -0.2) is 4.79 Å². The summed E-state index contributed by atoms with van der Waals surface area (Å²) < 4.78 is 10.8. The Morgan fingerprint density at radius 2 is 1.68 bits per heavy atom. The summed E-state index contributed by atoms with van der Waals surface area (Å²) >= 11 is 1.67. The molecule has 1 heterocycles. The number of thiophene rings is 1. The highest BCUT2D eigenvalue weighted by atomic mass is 32.1. The normalized spacial score (nSPS) is 10.5. The number of ether oxygens (including phenoxy) is 2. The number of hydrogen-bond acceptors (Lipinski definition) is 5. The molecule has 0 atom stereocenters. The van der Waals surface area contributed by atoms with Gasteiger partial charge in [-0.3, -0.25) is 4.79 Å². The first-order valence-corrected chi connectivity index (χ1v) is 13.5. The van der Waals surface area contributed by atoms with E-state index in [-0.39, 0.29) is 25.0 Å². The Morgan fingerprint density at radius 1 is 0.974 bits per heavy atom. The smallest absolute Gasteiger partial charge is 0.322 e. The van der Waals surface area contributed by atoms with Gasteiger partial charge < -0.3 is 24.6 Å². The van der Waals surface area contributed by atoms with Gasteiger partial charge in [0, 0.05) is 28.5 Å². The van der Waals surface area contributed by atoms with Gasteiger partial charge in [0.05, 0.1) is 20.8 Å². The number of urea groups is 1. The van der Waals surface area contributed by atoms with Crippen molar-refractivity contribution in [1.82, 2.24) is 9.80 Å². The standard InChI is InChI=1S/C30H37N3O4S/c1-6-17-33(30(35)31-25-12-9-23(7-2)10-13-25)21-29(34)32(20-26-14-8-22(3)38-26)18-16-24-11-15-27(36-4)28(19-24)37-5/h6,8-15,19H,1,7,16-18,20-21H2,2-5H3,(H,31,35). The number of carbonyl (C=O) groups is 2. The fourth-order valence-corrected chi connectivity index (χ4v) is 4.92. The summed E-state index contributed by atoms with van der Waals surface area (Å²) in [6.45, 7) is 9.08. The van der Waals surface area contributed by atoms with Crippen LogP contribution < -0.4 is 14.8 Å². The van der Waals surface area contributed by atoms with E-state index in [2.05, 4.69) is 24.9 Å². The minimum Gasteiger partial charge on any atom is -0.493 e. The van der Waals surface area contributed by atoms with Crippen LogP contribution in [-0.4, -0.2) is 55.6 Å². The van der Waals surface area contributed by atoms with Crippen molar-refractivity contribution in [1.29, 1.82) is 0 Å². The lowest BCUT2D eigenvalue weighted by Gasteiger charge is -2.27. The highest BCUT2D eigenvalue weighted by Crippen LogP contribution is 2.28. The molecule has 1 N–H and O–H groups in total. The minimum absolute atomic E-state index is 0.0544. The molecule has 0 aliphatic rings. The summed E-state index contributed by atoms with van der Waals surface area (Å²) in [4.78, 5) is 32.2. The van der Waals surface area contributed by atoms with Crippen molar-refractivity contribution in [3.05, 3.63) is 88.1 Å². The Balaban J connectivity index is 1.73. The Hall–Kier alpha value is -3.78. The molecule has 1 aromatic heterocycles. The van der Waals surface area contributed by atoms with Crippen molar-refractivity contribution in [2.75, 3.05) is 39.2 Å². The number of aryl methyl sites for hydroxylation is 2. The predicted octanol–water partition coefficient (Wildman–Crippen LogP) is 5.93. The highest BCUT2D eigenvalue weighted by Gasteiger charge is 2.22. The van der Waals surface area contributed by atoms with Crippen LogP contribution in [-0.2, 0) is 24.2 Å². The average molecular weight is 536 g/mol. The number of hydrogen-bond donors (Lipinski definition) is 1. The molecule has 8 heteroatoms. The van der Waals surface area contributed by atoms with Gasteiger partial charge in [-0.05, 0) is 67.3 Å². The molecular formula is C30H37N3O4S. The Morgan fingerprint density at radius 3 is 2.29 bits per heavy atom. The molecule has 0 aliphatic heterocycles. The zero-order valence-corrected chi connectivity index (χ0v) is 23.5. The fourth-order valence-electron chi connectivity index (χ4n) is 4.02. The first-order valence-electron chi connectivity index (χ1n) is 12.7. The maximum absolute atomic E-state index is 13.6. The van der Waals surface area contributed by atoms with Crippen molar-refractivity contribution >= 4 is 29.0 Å². The minimum atomic E-state index is -0.339. The second-order valence-corrected chi connectivity index (χ2v) is 10.3. The van der Waals surface area contributed by atoms with E-state index in [4.69, 9.17) is 9.47 Å². The van der Waals surface area contributed by atoms with E-state index < -0.39 is 0 Å². The summed E-state index contributed by atoms with van der Waals surface area (Å²) in [5, 5.41) is 2.90. The van der Waals surface area contributed by atoms with E-state index in [1.807, 2.05) is 55.5 Å². The summed E-state index contributed by atoms with van der Waals surface area (Å²) in [6.07, 6.45) is 3.19. The van der Waals surface area contributed by atoms with Crippen molar-refractivity contribution in [3.63, 3.8) is 0 Å². The molecule has 3 rings (SSSR count). The first kappa shape index (κ1) is 28.8. The number of rotatable bonds is 13.